The highest BCUT2D eigenvalue weighted by Crippen LogP contribution is 2.20. The molecule has 1 aromatic carbocycles. The number of pyridine rings is 1. The van der Waals surface area contributed by atoms with Crippen molar-refractivity contribution in [3.05, 3.63) is 57.6 Å². The largest absolute Gasteiger partial charge is 0.456 e. The molecule has 120 valence electrons. The topological polar surface area (TPSA) is 68.3 Å². The first-order chi connectivity index (χ1) is 10.9. The summed E-state index contributed by atoms with van der Waals surface area (Å²) in [6.45, 7) is 1.04. The zero-order valence-electron chi connectivity index (χ0n) is 11.9. The van der Waals surface area contributed by atoms with Crippen LogP contribution in [0.3, 0.4) is 0 Å². The van der Waals surface area contributed by atoms with Gasteiger partial charge in [-0.15, -0.1) is 0 Å². The quantitative estimate of drug-likeness (QED) is 0.667. The van der Waals surface area contributed by atoms with Crippen LogP contribution in [-0.2, 0) is 16.1 Å². The molecule has 0 atom stereocenters. The molecule has 2 rings (SSSR count). The van der Waals surface area contributed by atoms with Gasteiger partial charge in [-0.1, -0.05) is 23.2 Å². The highest BCUT2D eigenvalue weighted by Gasteiger charge is 2.13. The van der Waals surface area contributed by atoms with Gasteiger partial charge in [-0.05, 0) is 30.3 Å². The van der Waals surface area contributed by atoms with Crippen molar-refractivity contribution in [1.29, 1.82) is 0 Å². The Balaban J connectivity index is 2.11. The monoisotopic (exact) mass is 356 g/mol. The number of rotatable bonds is 4. The third kappa shape index (κ3) is 4.64. The predicted octanol–water partition coefficient (Wildman–Crippen LogP) is 3.84. The van der Waals surface area contributed by atoms with Gasteiger partial charge in [0.2, 0.25) is 5.91 Å². The maximum absolute atomic E-state index is 13.5. The van der Waals surface area contributed by atoms with Crippen LogP contribution < -0.4 is 5.32 Å². The number of nitrogens with zero attached hydrogens (tertiary/aromatic N) is 1. The van der Waals surface area contributed by atoms with E-state index in [0.717, 1.165) is 6.07 Å². The number of esters is 1. The van der Waals surface area contributed by atoms with Crippen molar-refractivity contribution in [2.45, 2.75) is 13.5 Å². The highest BCUT2D eigenvalue weighted by molar-refractivity contribution is 6.32. The number of ether oxygens (including phenoxy) is 1. The lowest BCUT2D eigenvalue weighted by molar-refractivity contribution is -0.114. The van der Waals surface area contributed by atoms with E-state index in [-0.39, 0.29) is 23.0 Å². The van der Waals surface area contributed by atoms with Crippen molar-refractivity contribution in [2.24, 2.45) is 0 Å². The summed E-state index contributed by atoms with van der Waals surface area (Å²) in [6, 6.07) is 6.54. The van der Waals surface area contributed by atoms with Crippen LogP contribution in [0.2, 0.25) is 10.2 Å². The second kappa shape index (κ2) is 7.39. The second-order valence-corrected chi connectivity index (χ2v) is 5.31. The first kappa shape index (κ1) is 17.2. The Labute approximate surface area is 141 Å². The third-order valence-corrected chi connectivity index (χ3v) is 3.29. The molecule has 0 unspecified atom stereocenters. The van der Waals surface area contributed by atoms with E-state index in [1.165, 1.54) is 31.2 Å². The van der Waals surface area contributed by atoms with Crippen LogP contribution in [0.15, 0.2) is 30.3 Å². The summed E-state index contributed by atoms with van der Waals surface area (Å²) in [5, 5.41) is 2.81. The molecule has 0 spiro atoms. The van der Waals surface area contributed by atoms with Crippen LogP contribution in [0.4, 0.5) is 10.1 Å². The molecule has 5 nitrogen and oxygen atoms in total. The van der Waals surface area contributed by atoms with Crippen molar-refractivity contribution in [2.75, 3.05) is 5.32 Å². The van der Waals surface area contributed by atoms with Gasteiger partial charge in [0, 0.05) is 6.92 Å². The minimum absolute atomic E-state index is 0.0771. The van der Waals surface area contributed by atoms with Crippen molar-refractivity contribution in [1.82, 2.24) is 4.98 Å². The first-order valence-electron chi connectivity index (χ1n) is 6.42. The zero-order valence-corrected chi connectivity index (χ0v) is 13.4. The minimum Gasteiger partial charge on any atom is -0.456 e. The van der Waals surface area contributed by atoms with E-state index in [0.29, 0.717) is 10.7 Å². The number of benzene rings is 1. The number of carbonyl (C=O) groups is 2. The summed E-state index contributed by atoms with van der Waals surface area (Å²) in [5.41, 5.74) is 0.274. The number of aromatic nitrogens is 1. The van der Waals surface area contributed by atoms with Crippen LogP contribution in [0.25, 0.3) is 0 Å². The summed E-state index contributed by atoms with van der Waals surface area (Å²) < 4.78 is 18.6. The van der Waals surface area contributed by atoms with Crippen LogP contribution >= 0.6 is 23.2 Å². The zero-order chi connectivity index (χ0) is 17.0. The Morgan fingerprint density at radius 2 is 2.00 bits per heavy atom. The van der Waals surface area contributed by atoms with E-state index in [9.17, 15) is 14.0 Å². The average molecular weight is 357 g/mol. The summed E-state index contributed by atoms with van der Waals surface area (Å²) in [4.78, 5) is 26.9. The van der Waals surface area contributed by atoms with Gasteiger partial charge in [0.15, 0.2) is 0 Å². The third-order valence-electron chi connectivity index (χ3n) is 2.74. The fraction of sp³-hybridized carbons (Fsp3) is 0.133. The number of halogens is 3. The number of hydrogen-bond donors (Lipinski definition) is 1. The molecule has 0 radical (unpaired) electrons. The maximum atomic E-state index is 13.5. The SMILES string of the molecule is CC(=O)Nc1cc(C(=O)OCc2nc(Cl)ccc2Cl)ccc1F. The molecule has 1 heterocycles. The lowest BCUT2D eigenvalue weighted by Gasteiger charge is -2.08. The number of anilines is 1. The number of amides is 1. The normalized spacial score (nSPS) is 10.3. The Hall–Kier alpha value is -2.18. The molecular weight excluding hydrogens is 346 g/mol. The van der Waals surface area contributed by atoms with E-state index in [1.807, 2.05) is 0 Å². The van der Waals surface area contributed by atoms with Gasteiger partial charge in [-0.3, -0.25) is 4.79 Å². The van der Waals surface area contributed by atoms with E-state index in [1.54, 1.807) is 0 Å². The van der Waals surface area contributed by atoms with Gasteiger partial charge < -0.3 is 10.1 Å². The molecule has 23 heavy (non-hydrogen) atoms. The Morgan fingerprint density at radius 1 is 1.26 bits per heavy atom. The molecule has 0 aliphatic heterocycles. The molecule has 0 aliphatic carbocycles. The Bertz CT molecular complexity index is 768. The van der Waals surface area contributed by atoms with Gasteiger partial charge >= 0.3 is 5.97 Å². The molecule has 0 saturated carbocycles. The van der Waals surface area contributed by atoms with Crippen molar-refractivity contribution in [3.63, 3.8) is 0 Å². The fourth-order valence-corrected chi connectivity index (χ4v) is 2.04. The van der Waals surface area contributed by atoms with Crippen molar-refractivity contribution < 1.29 is 18.7 Å². The predicted molar refractivity (Wildman–Crippen MR) is 84.1 cm³/mol. The number of nitrogens with one attached hydrogen (secondary N) is 1. The van der Waals surface area contributed by atoms with Crippen LogP contribution in [-0.4, -0.2) is 16.9 Å². The fourth-order valence-electron chi connectivity index (χ4n) is 1.71. The van der Waals surface area contributed by atoms with E-state index in [2.05, 4.69) is 10.3 Å². The van der Waals surface area contributed by atoms with Gasteiger partial charge in [-0.2, -0.15) is 0 Å². The average Bonchev–Trinajstić information content (AvgIpc) is 2.49. The van der Waals surface area contributed by atoms with Crippen LogP contribution in [0.5, 0.6) is 0 Å². The lowest BCUT2D eigenvalue weighted by atomic mass is 10.2. The van der Waals surface area contributed by atoms with Crippen molar-refractivity contribution >= 4 is 40.8 Å². The standard InChI is InChI=1S/C15H11Cl2FN2O3/c1-8(21)19-12-6-9(2-4-11(12)18)15(22)23-7-13-10(16)3-5-14(17)20-13/h2-6H,7H2,1H3,(H,19,21). The molecule has 0 fully saturated rings. The molecular formula is C15H11Cl2FN2O3. The van der Waals surface area contributed by atoms with Gasteiger partial charge in [0.05, 0.1) is 22.0 Å². The lowest BCUT2D eigenvalue weighted by Crippen LogP contribution is -2.11. The Morgan fingerprint density at radius 3 is 2.70 bits per heavy atom. The molecule has 8 heteroatoms. The van der Waals surface area contributed by atoms with Gasteiger partial charge in [0.25, 0.3) is 0 Å². The molecule has 0 aliphatic rings. The molecule has 0 bridgehead atoms. The molecule has 0 saturated heterocycles. The summed E-state index contributed by atoms with van der Waals surface area (Å²) in [7, 11) is 0. The summed E-state index contributed by atoms with van der Waals surface area (Å²) >= 11 is 11.7. The summed E-state index contributed by atoms with van der Waals surface area (Å²) in [6.07, 6.45) is 0. The molecule has 1 N–H and O–H groups in total. The molecule has 1 amide bonds. The second-order valence-electron chi connectivity index (χ2n) is 4.51. The summed E-state index contributed by atoms with van der Waals surface area (Å²) in [5.74, 6) is -1.82. The highest BCUT2D eigenvalue weighted by atomic mass is 35.5. The van der Waals surface area contributed by atoms with Crippen LogP contribution in [0.1, 0.15) is 23.0 Å². The number of carbonyl (C=O) groups excluding carboxylic acids is 2. The van der Waals surface area contributed by atoms with Crippen molar-refractivity contribution in [3.8, 4) is 0 Å². The van der Waals surface area contributed by atoms with Gasteiger partial charge in [-0.25, -0.2) is 14.2 Å². The molecule has 1 aromatic heterocycles. The smallest absolute Gasteiger partial charge is 0.338 e. The minimum atomic E-state index is -0.713. The van der Waals surface area contributed by atoms with Gasteiger partial charge in [0.1, 0.15) is 17.6 Å². The Kier molecular flexibility index (Phi) is 5.52. The maximum Gasteiger partial charge on any atom is 0.338 e. The molecule has 2 aromatic rings. The van der Waals surface area contributed by atoms with E-state index >= 15 is 0 Å². The number of hydrogen-bond acceptors (Lipinski definition) is 4. The van der Waals surface area contributed by atoms with E-state index < -0.39 is 17.7 Å². The first-order valence-corrected chi connectivity index (χ1v) is 7.17. The van der Waals surface area contributed by atoms with E-state index in [4.69, 9.17) is 27.9 Å². The van der Waals surface area contributed by atoms with Crippen LogP contribution in [0, 0.1) is 5.82 Å².